The maximum Gasteiger partial charge on any atom is 0.232 e. The van der Waals surface area contributed by atoms with E-state index in [0.29, 0.717) is 5.75 Å². The van der Waals surface area contributed by atoms with Crippen LogP contribution >= 0.6 is 11.8 Å². The fourth-order valence-corrected chi connectivity index (χ4v) is 2.14. The number of thioether (sulfide) groups is 1. The summed E-state index contributed by atoms with van der Waals surface area (Å²) < 4.78 is 0. The Labute approximate surface area is 106 Å². The average Bonchev–Trinajstić information content (AvgIpc) is 2.38. The Bertz CT molecular complexity index is 350. The molecule has 0 aliphatic heterocycles. The van der Waals surface area contributed by atoms with Crippen LogP contribution in [-0.4, -0.2) is 39.7 Å². The lowest BCUT2D eigenvalue weighted by atomic mass is 10.3. The molecule has 1 N–H and O–H groups in total. The number of hydrogen-bond acceptors (Lipinski definition) is 4. The number of hydrogen-bond donors (Lipinski definition) is 1. The molecule has 0 aliphatic rings. The van der Waals surface area contributed by atoms with E-state index in [2.05, 4.69) is 4.98 Å². The molecule has 4 nitrogen and oxygen atoms in total. The molecule has 17 heavy (non-hydrogen) atoms. The van der Waals surface area contributed by atoms with Crippen molar-refractivity contribution in [2.24, 2.45) is 0 Å². The SMILES string of the molecule is CCN(CC)C(=O)CSc1ccc(CO)cn1. The van der Waals surface area contributed by atoms with Crippen molar-refractivity contribution in [1.82, 2.24) is 9.88 Å². The second-order valence-electron chi connectivity index (χ2n) is 3.52. The highest BCUT2D eigenvalue weighted by Gasteiger charge is 2.09. The number of rotatable bonds is 6. The van der Waals surface area contributed by atoms with Gasteiger partial charge in [0.05, 0.1) is 17.4 Å². The number of carbonyl (C=O) groups is 1. The smallest absolute Gasteiger partial charge is 0.232 e. The van der Waals surface area contributed by atoms with Gasteiger partial charge in [0.2, 0.25) is 5.91 Å². The van der Waals surface area contributed by atoms with Crippen molar-refractivity contribution in [1.29, 1.82) is 0 Å². The summed E-state index contributed by atoms with van der Waals surface area (Å²) in [6.07, 6.45) is 1.63. The number of carbonyl (C=O) groups excluding carboxylic acids is 1. The summed E-state index contributed by atoms with van der Waals surface area (Å²) in [5.74, 6) is 0.542. The van der Waals surface area contributed by atoms with E-state index in [4.69, 9.17) is 5.11 Å². The first-order valence-corrected chi connectivity index (χ1v) is 6.66. The van der Waals surface area contributed by atoms with Crippen LogP contribution in [0.4, 0.5) is 0 Å². The Morgan fingerprint density at radius 3 is 2.59 bits per heavy atom. The van der Waals surface area contributed by atoms with Crippen molar-refractivity contribution in [3.8, 4) is 0 Å². The van der Waals surface area contributed by atoms with E-state index >= 15 is 0 Å². The summed E-state index contributed by atoms with van der Waals surface area (Å²) in [5, 5.41) is 9.68. The van der Waals surface area contributed by atoms with Crippen molar-refractivity contribution < 1.29 is 9.90 Å². The minimum atomic E-state index is -0.00365. The zero-order valence-corrected chi connectivity index (χ0v) is 11.0. The fourth-order valence-electron chi connectivity index (χ4n) is 1.39. The van der Waals surface area contributed by atoms with Gasteiger partial charge < -0.3 is 10.0 Å². The Morgan fingerprint density at radius 2 is 2.12 bits per heavy atom. The van der Waals surface area contributed by atoms with Gasteiger partial charge in [-0.1, -0.05) is 17.8 Å². The quantitative estimate of drug-likeness (QED) is 0.782. The Balaban J connectivity index is 2.46. The summed E-state index contributed by atoms with van der Waals surface area (Å²) in [6, 6.07) is 3.64. The number of aliphatic hydroxyl groups is 1. The van der Waals surface area contributed by atoms with Crippen LogP contribution in [0.15, 0.2) is 23.4 Å². The third kappa shape index (κ3) is 4.36. The monoisotopic (exact) mass is 254 g/mol. The topological polar surface area (TPSA) is 53.4 Å². The minimum Gasteiger partial charge on any atom is -0.392 e. The lowest BCUT2D eigenvalue weighted by Crippen LogP contribution is -2.31. The lowest BCUT2D eigenvalue weighted by Gasteiger charge is -2.17. The zero-order valence-electron chi connectivity index (χ0n) is 10.2. The number of pyridine rings is 1. The van der Waals surface area contributed by atoms with Gasteiger partial charge in [0, 0.05) is 19.3 Å². The highest BCUT2D eigenvalue weighted by atomic mass is 32.2. The van der Waals surface area contributed by atoms with Crippen LogP contribution in [0.25, 0.3) is 0 Å². The maximum absolute atomic E-state index is 11.7. The van der Waals surface area contributed by atoms with E-state index in [9.17, 15) is 4.79 Å². The van der Waals surface area contributed by atoms with Gasteiger partial charge in [-0.15, -0.1) is 0 Å². The molecule has 0 bridgehead atoms. The van der Waals surface area contributed by atoms with Crippen molar-refractivity contribution in [2.45, 2.75) is 25.5 Å². The molecule has 0 aliphatic carbocycles. The van der Waals surface area contributed by atoms with Gasteiger partial charge in [0.1, 0.15) is 0 Å². The molecule has 1 aromatic rings. The Morgan fingerprint density at radius 1 is 1.41 bits per heavy atom. The molecule has 0 unspecified atom stereocenters. The lowest BCUT2D eigenvalue weighted by molar-refractivity contribution is -0.127. The molecule has 1 rings (SSSR count). The second-order valence-corrected chi connectivity index (χ2v) is 4.51. The van der Waals surface area contributed by atoms with E-state index in [0.717, 1.165) is 23.7 Å². The third-order valence-electron chi connectivity index (χ3n) is 2.44. The van der Waals surface area contributed by atoms with E-state index < -0.39 is 0 Å². The predicted octanol–water partition coefficient (Wildman–Crippen LogP) is 1.53. The van der Waals surface area contributed by atoms with Crippen LogP contribution in [0.2, 0.25) is 0 Å². The maximum atomic E-state index is 11.7. The minimum absolute atomic E-state index is 0.00365. The normalized spacial score (nSPS) is 10.3. The largest absolute Gasteiger partial charge is 0.392 e. The van der Waals surface area contributed by atoms with Gasteiger partial charge in [-0.3, -0.25) is 4.79 Å². The van der Waals surface area contributed by atoms with Crippen LogP contribution < -0.4 is 0 Å². The van der Waals surface area contributed by atoms with Gasteiger partial charge in [-0.05, 0) is 25.5 Å². The molecule has 0 saturated carbocycles. The van der Waals surface area contributed by atoms with E-state index in [1.54, 1.807) is 11.1 Å². The number of nitrogens with zero attached hydrogens (tertiary/aromatic N) is 2. The summed E-state index contributed by atoms with van der Waals surface area (Å²) in [5.41, 5.74) is 0.782. The first-order chi connectivity index (χ1) is 8.21. The van der Waals surface area contributed by atoms with E-state index in [1.807, 2.05) is 26.0 Å². The number of amides is 1. The van der Waals surface area contributed by atoms with Crippen molar-refractivity contribution in [3.63, 3.8) is 0 Å². The van der Waals surface area contributed by atoms with Crippen molar-refractivity contribution in [2.75, 3.05) is 18.8 Å². The number of aromatic nitrogens is 1. The molecule has 1 heterocycles. The Hall–Kier alpha value is -1.07. The summed E-state index contributed by atoms with van der Waals surface area (Å²) in [6.45, 7) is 5.43. The summed E-state index contributed by atoms with van der Waals surface area (Å²) >= 11 is 1.42. The molecule has 0 fully saturated rings. The molecule has 0 saturated heterocycles. The molecule has 1 aromatic heterocycles. The van der Waals surface area contributed by atoms with Crippen LogP contribution in [-0.2, 0) is 11.4 Å². The fraction of sp³-hybridized carbons (Fsp3) is 0.500. The highest BCUT2D eigenvalue weighted by Crippen LogP contribution is 2.15. The van der Waals surface area contributed by atoms with Crippen LogP contribution in [0.5, 0.6) is 0 Å². The molecular formula is C12H18N2O2S. The zero-order chi connectivity index (χ0) is 12.7. The molecule has 0 atom stereocenters. The molecule has 1 amide bonds. The Kier molecular flexibility index (Phi) is 6.00. The molecule has 0 aromatic carbocycles. The summed E-state index contributed by atoms with van der Waals surface area (Å²) in [7, 11) is 0. The van der Waals surface area contributed by atoms with E-state index in [-0.39, 0.29) is 12.5 Å². The summed E-state index contributed by atoms with van der Waals surface area (Å²) in [4.78, 5) is 17.7. The van der Waals surface area contributed by atoms with Gasteiger partial charge in [0.15, 0.2) is 0 Å². The van der Waals surface area contributed by atoms with Gasteiger partial charge in [-0.25, -0.2) is 4.98 Å². The van der Waals surface area contributed by atoms with Crippen molar-refractivity contribution in [3.05, 3.63) is 23.9 Å². The van der Waals surface area contributed by atoms with Gasteiger partial charge in [-0.2, -0.15) is 0 Å². The first kappa shape index (κ1) is 14.0. The molecule has 0 radical (unpaired) electrons. The molecule has 94 valence electrons. The first-order valence-electron chi connectivity index (χ1n) is 5.67. The molecular weight excluding hydrogens is 236 g/mol. The van der Waals surface area contributed by atoms with Crippen molar-refractivity contribution >= 4 is 17.7 Å². The van der Waals surface area contributed by atoms with Crippen LogP contribution in [0, 0.1) is 0 Å². The van der Waals surface area contributed by atoms with Crippen LogP contribution in [0.1, 0.15) is 19.4 Å². The average molecular weight is 254 g/mol. The molecule has 5 heteroatoms. The number of aliphatic hydroxyl groups excluding tert-OH is 1. The second kappa shape index (κ2) is 7.29. The van der Waals surface area contributed by atoms with E-state index in [1.165, 1.54) is 11.8 Å². The van der Waals surface area contributed by atoms with Gasteiger partial charge >= 0.3 is 0 Å². The highest BCUT2D eigenvalue weighted by molar-refractivity contribution is 7.99. The standard InChI is InChI=1S/C12H18N2O2S/c1-3-14(4-2)12(16)9-17-11-6-5-10(8-15)7-13-11/h5-7,15H,3-4,8-9H2,1-2H3. The third-order valence-corrected chi connectivity index (χ3v) is 3.37. The van der Waals surface area contributed by atoms with Crippen LogP contribution in [0.3, 0.4) is 0 Å². The van der Waals surface area contributed by atoms with Gasteiger partial charge in [0.25, 0.3) is 0 Å². The predicted molar refractivity (Wildman–Crippen MR) is 68.8 cm³/mol. The molecule has 0 spiro atoms.